The second kappa shape index (κ2) is 4.11. The molecule has 4 heteroatoms. The molecule has 2 N–H and O–H groups in total. The van der Waals surface area contributed by atoms with Gasteiger partial charge in [0.05, 0.1) is 6.54 Å². The van der Waals surface area contributed by atoms with Crippen LogP contribution in [0.1, 0.15) is 10.4 Å². The van der Waals surface area contributed by atoms with Crippen molar-refractivity contribution >= 4 is 5.78 Å². The van der Waals surface area contributed by atoms with E-state index < -0.39 is 0 Å². The van der Waals surface area contributed by atoms with Gasteiger partial charge in [0, 0.05) is 5.56 Å². The lowest BCUT2D eigenvalue weighted by Crippen LogP contribution is -2.21. The smallest absolute Gasteiger partial charge is 0.176 e. The summed E-state index contributed by atoms with van der Waals surface area (Å²) in [6.07, 6.45) is 0. The summed E-state index contributed by atoms with van der Waals surface area (Å²) in [5.41, 5.74) is 0.397. The number of carbonyl (C=O) groups is 1. The maximum absolute atomic E-state index is 11.5. The van der Waals surface area contributed by atoms with Crippen LogP contribution in [0.2, 0.25) is 0 Å². The summed E-state index contributed by atoms with van der Waals surface area (Å²) in [6.45, 7) is 0.282. The number of hydrogen-bond donors (Lipinski definition) is 2. The van der Waals surface area contributed by atoms with E-state index in [0.717, 1.165) is 0 Å². The zero-order valence-corrected chi connectivity index (χ0v) is 8.19. The van der Waals surface area contributed by atoms with Crippen molar-refractivity contribution < 1.29 is 15.0 Å². The monoisotopic (exact) mass is 195 g/mol. The minimum atomic E-state index is -0.269. The molecule has 1 aromatic carbocycles. The van der Waals surface area contributed by atoms with E-state index in [-0.39, 0.29) is 23.8 Å². The average molecular weight is 195 g/mol. The Bertz CT molecular complexity index is 347. The molecule has 0 aliphatic heterocycles. The number of carbonyl (C=O) groups excluding carboxylic acids is 1. The maximum Gasteiger partial charge on any atom is 0.176 e. The van der Waals surface area contributed by atoms with Crippen molar-refractivity contribution in [2.24, 2.45) is 0 Å². The molecule has 1 aromatic rings. The summed E-state index contributed by atoms with van der Waals surface area (Å²) >= 11 is 0. The molecule has 0 amide bonds. The molecule has 4 nitrogen and oxygen atoms in total. The molecule has 0 heterocycles. The number of hydrogen-bond acceptors (Lipinski definition) is 4. The minimum Gasteiger partial charge on any atom is -0.504 e. The number of ketones is 1. The predicted molar refractivity (Wildman–Crippen MR) is 52.7 cm³/mol. The van der Waals surface area contributed by atoms with Gasteiger partial charge in [-0.3, -0.25) is 4.79 Å². The molecular formula is C10H13NO3. The summed E-state index contributed by atoms with van der Waals surface area (Å²) in [6, 6.07) is 4.06. The molecule has 0 fully saturated rings. The Morgan fingerprint density at radius 2 is 1.93 bits per heavy atom. The van der Waals surface area contributed by atoms with Crippen LogP contribution in [0, 0.1) is 0 Å². The third-order valence-electron chi connectivity index (χ3n) is 1.76. The van der Waals surface area contributed by atoms with Crippen molar-refractivity contribution in [2.75, 3.05) is 20.6 Å². The van der Waals surface area contributed by atoms with Gasteiger partial charge < -0.3 is 15.1 Å². The Morgan fingerprint density at radius 3 is 2.43 bits per heavy atom. The lowest BCUT2D eigenvalue weighted by Gasteiger charge is -2.08. The highest BCUT2D eigenvalue weighted by Gasteiger charge is 2.09. The van der Waals surface area contributed by atoms with Crippen molar-refractivity contribution in [3.8, 4) is 11.5 Å². The molecule has 0 saturated heterocycles. The number of phenolic OH excluding ortho intramolecular Hbond substituents is 2. The normalized spacial score (nSPS) is 10.5. The van der Waals surface area contributed by atoms with Crippen LogP contribution in [0.25, 0.3) is 0 Å². The molecule has 76 valence electrons. The quantitative estimate of drug-likeness (QED) is 0.554. The summed E-state index contributed by atoms with van der Waals surface area (Å²) in [4.78, 5) is 13.2. The van der Waals surface area contributed by atoms with Crippen LogP contribution in [-0.4, -0.2) is 41.5 Å². The fourth-order valence-electron chi connectivity index (χ4n) is 1.08. The second-order valence-electron chi connectivity index (χ2n) is 3.36. The molecular weight excluding hydrogens is 182 g/mol. The van der Waals surface area contributed by atoms with Crippen LogP contribution >= 0.6 is 0 Å². The number of rotatable bonds is 3. The summed E-state index contributed by atoms with van der Waals surface area (Å²) in [5.74, 6) is -0.577. The maximum atomic E-state index is 11.5. The molecule has 1 rings (SSSR count). The molecule has 0 aromatic heterocycles. The largest absolute Gasteiger partial charge is 0.504 e. The lowest BCUT2D eigenvalue weighted by atomic mass is 10.1. The summed E-state index contributed by atoms with van der Waals surface area (Å²) < 4.78 is 0. The Kier molecular flexibility index (Phi) is 3.09. The summed E-state index contributed by atoms with van der Waals surface area (Å²) in [5, 5.41) is 18.2. The second-order valence-corrected chi connectivity index (χ2v) is 3.36. The van der Waals surface area contributed by atoms with Gasteiger partial charge in [0.15, 0.2) is 17.3 Å². The molecule has 0 radical (unpaired) electrons. The van der Waals surface area contributed by atoms with Crippen LogP contribution in [-0.2, 0) is 0 Å². The van der Waals surface area contributed by atoms with E-state index in [4.69, 9.17) is 10.2 Å². The fourth-order valence-corrected chi connectivity index (χ4v) is 1.08. The standard InChI is InChI=1S/C10H13NO3/c1-11(2)6-10(14)7-3-4-8(12)9(13)5-7/h3-5,12-13H,6H2,1-2H3. The van der Waals surface area contributed by atoms with Gasteiger partial charge in [0.25, 0.3) is 0 Å². The molecule has 0 spiro atoms. The molecule has 14 heavy (non-hydrogen) atoms. The minimum absolute atomic E-state index is 0.0923. The number of aromatic hydroxyl groups is 2. The first-order chi connectivity index (χ1) is 6.50. The molecule has 0 atom stereocenters. The Hall–Kier alpha value is -1.55. The van der Waals surface area contributed by atoms with Gasteiger partial charge in [0.2, 0.25) is 0 Å². The molecule has 0 aliphatic carbocycles. The predicted octanol–water partition coefficient (Wildman–Crippen LogP) is 0.842. The number of phenols is 2. The zero-order chi connectivity index (χ0) is 10.7. The van der Waals surface area contributed by atoms with Gasteiger partial charge in [-0.25, -0.2) is 0 Å². The average Bonchev–Trinajstić information content (AvgIpc) is 2.08. The fraction of sp³-hybridized carbons (Fsp3) is 0.300. The first-order valence-corrected chi connectivity index (χ1v) is 4.20. The van der Waals surface area contributed by atoms with Gasteiger partial charge in [-0.05, 0) is 32.3 Å². The Morgan fingerprint density at radius 1 is 1.29 bits per heavy atom. The van der Waals surface area contributed by atoms with E-state index in [2.05, 4.69) is 0 Å². The van der Waals surface area contributed by atoms with Crippen LogP contribution in [0.4, 0.5) is 0 Å². The first-order valence-electron chi connectivity index (χ1n) is 4.20. The van der Waals surface area contributed by atoms with E-state index in [0.29, 0.717) is 5.56 Å². The van der Waals surface area contributed by atoms with Gasteiger partial charge >= 0.3 is 0 Å². The van der Waals surface area contributed by atoms with Crippen LogP contribution in [0.15, 0.2) is 18.2 Å². The van der Waals surface area contributed by atoms with Crippen molar-refractivity contribution in [2.45, 2.75) is 0 Å². The highest BCUT2D eigenvalue weighted by atomic mass is 16.3. The SMILES string of the molecule is CN(C)CC(=O)c1ccc(O)c(O)c1. The zero-order valence-electron chi connectivity index (χ0n) is 8.19. The van der Waals surface area contributed by atoms with E-state index in [1.807, 2.05) is 0 Å². The molecule has 0 aliphatic rings. The van der Waals surface area contributed by atoms with Crippen LogP contribution < -0.4 is 0 Å². The third-order valence-corrected chi connectivity index (χ3v) is 1.76. The topological polar surface area (TPSA) is 60.8 Å². The highest BCUT2D eigenvalue weighted by molar-refractivity contribution is 5.98. The van der Waals surface area contributed by atoms with Crippen molar-refractivity contribution in [3.63, 3.8) is 0 Å². The van der Waals surface area contributed by atoms with Gasteiger partial charge in [-0.1, -0.05) is 0 Å². The van der Waals surface area contributed by atoms with Crippen molar-refractivity contribution in [1.29, 1.82) is 0 Å². The molecule has 0 saturated carbocycles. The van der Waals surface area contributed by atoms with Gasteiger partial charge in [-0.15, -0.1) is 0 Å². The van der Waals surface area contributed by atoms with Crippen LogP contribution in [0.5, 0.6) is 11.5 Å². The van der Waals surface area contributed by atoms with Gasteiger partial charge in [-0.2, -0.15) is 0 Å². The van der Waals surface area contributed by atoms with E-state index >= 15 is 0 Å². The summed E-state index contributed by atoms with van der Waals surface area (Å²) in [7, 11) is 3.58. The third kappa shape index (κ3) is 2.47. The number of Topliss-reactive ketones (excluding diaryl/α,β-unsaturated/α-hetero) is 1. The van der Waals surface area contributed by atoms with Crippen LogP contribution in [0.3, 0.4) is 0 Å². The lowest BCUT2D eigenvalue weighted by molar-refractivity contribution is 0.0957. The van der Waals surface area contributed by atoms with E-state index in [9.17, 15) is 4.79 Å². The number of benzene rings is 1. The van der Waals surface area contributed by atoms with E-state index in [1.54, 1.807) is 19.0 Å². The Balaban J connectivity index is 2.86. The Labute approximate surface area is 82.4 Å². The van der Waals surface area contributed by atoms with Gasteiger partial charge in [0.1, 0.15) is 0 Å². The first kappa shape index (κ1) is 10.5. The van der Waals surface area contributed by atoms with Crippen molar-refractivity contribution in [3.05, 3.63) is 23.8 Å². The number of nitrogens with zero attached hydrogens (tertiary/aromatic N) is 1. The number of likely N-dealkylation sites (N-methyl/N-ethyl adjacent to an activating group) is 1. The molecule has 0 unspecified atom stereocenters. The van der Waals surface area contributed by atoms with Crippen molar-refractivity contribution in [1.82, 2.24) is 4.90 Å². The molecule has 0 bridgehead atoms. The highest BCUT2D eigenvalue weighted by Crippen LogP contribution is 2.24. The van der Waals surface area contributed by atoms with E-state index in [1.165, 1.54) is 18.2 Å².